The van der Waals surface area contributed by atoms with Gasteiger partial charge in [0.05, 0.1) is 5.54 Å². The first-order chi connectivity index (χ1) is 10.1. The monoisotopic (exact) mass is 306 g/mol. The molecular weight excluding hydrogens is 280 g/mol. The molecule has 0 saturated heterocycles. The first-order valence-corrected chi connectivity index (χ1v) is 8.72. The maximum absolute atomic E-state index is 12.0. The Kier molecular flexibility index (Phi) is 5.71. The van der Waals surface area contributed by atoms with E-state index in [2.05, 4.69) is 43.4 Å². The van der Waals surface area contributed by atoms with Gasteiger partial charge in [0.1, 0.15) is 0 Å². The predicted molar refractivity (Wildman–Crippen MR) is 89.5 cm³/mol. The number of thioether (sulfide) groups is 1. The van der Waals surface area contributed by atoms with Crippen molar-refractivity contribution in [3.8, 4) is 0 Å². The maximum atomic E-state index is 12.0. The zero-order valence-electron chi connectivity index (χ0n) is 13.0. The fourth-order valence-corrected chi connectivity index (χ4v) is 4.30. The molecule has 0 spiro atoms. The molecule has 21 heavy (non-hydrogen) atoms. The minimum absolute atomic E-state index is 0.190. The molecule has 0 aromatic heterocycles. The van der Waals surface area contributed by atoms with Crippen LogP contribution in [-0.2, 0) is 4.79 Å². The van der Waals surface area contributed by atoms with E-state index >= 15 is 0 Å². The van der Waals surface area contributed by atoms with E-state index in [0.29, 0.717) is 5.25 Å². The lowest BCUT2D eigenvalue weighted by Crippen LogP contribution is -2.58. The zero-order valence-corrected chi connectivity index (χ0v) is 13.8. The van der Waals surface area contributed by atoms with Gasteiger partial charge in [0.15, 0.2) is 0 Å². The Labute approximate surface area is 132 Å². The Hall–Kier alpha value is -1.00. The number of carbonyl (C=O) groups is 1. The lowest BCUT2D eigenvalue weighted by molar-refractivity contribution is -0.125. The topological polar surface area (TPSA) is 55.1 Å². The van der Waals surface area contributed by atoms with Crippen LogP contribution in [0.5, 0.6) is 0 Å². The first kappa shape index (κ1) is 16.4. The molecule has 2 rings (SSSR count). The van der Waals surface area contributed by atoms with E-state index in [0.717, 1.165) is 38.6 Å². The second-order valence-electron chi connectivity index (χ2n) is 6.02. The van der Waals surface area contributed by atoms with Gasteiger partial charge in [0.2, 0.25) is 5.91 Å². The van der Waals surface area contributed by atoms with E-state index in [9.17, 15) is 4.79 Å². The Bertz CT molecular complexity index is 474. The second kappa shape index (κ2) is 7.32. The van der Waals surface area contributed by atoms with E-state index in [4.69, 9.17) is 5.73 Å². The average molecular weight is 306 g/mol. The first-order valence-electron chi connectivity index (χ1n) is 7.84. The number of primary amides is 1. The molecule has 1 amide bonds. The summed E-state index contributed by atoms with van der Waals surface area (Å²) in [5.74, 6) is -0.190. The van der Waals surface area contributed by atoms with Gasteiger partial charge >= 0.3 is 0 Å². The Morgan fingerprint density at radius 3 is 2.76 bits per heavy atom. The van der Waals surface area contributed by atoms with Gasteiger partial charge in [-0.25, -0.2) is 0 Å². The van der Waals surface area contributed by atoms with Gasteiger partial charge in [-0.1, -0.05) is 24.6 Å². The second-order valence-corrected chi connectivity index (χ2v) is 7.40. The summed E-state index contributed by atoms with van der Waals surface area (Å²) in [5, 5.41) is 3.88. The van der Waals surface area contributed by atoms with Crippen LogP contribution in [0.4, 0.5) is 0 Å². The van der Waals surface area contributed by atoms with Crippen LogP contribution in [0, 0.1) is 6.92 Å². The molecule has 1 saturated carbocycles. The standard InChI is InChI=1S/C17H26N2OS/c1-3-11-19-17(16(18)20)10-4-5-15(12-17)21-14-8-6-13(2)7-9-14/h6-9,15,19H,3-5,10-12H2,1-2H3,(H2,18,20). The van der Waals surface area contributed by atoms with Crippen LogP contribution in [0.25, 0.3) is 0 Å². The van der Waals surface area contributed by atoms with Crippen LogP contribution in [-0.4, -0.2) is 23.2 Å². The van der Waals surface area contributed by atoms with Gasteiger partial charge in [0.25, 0.3) is 0 Å². The summed E-state index contributed by atoms with van der Waals surface area (Å²) in [6.45, 7) is 5.07. The summed E-state index contributed by atoms with van der Waals surface area (Å²) in [6, 6.07) is 8.61. The molecule has 3 N–H and O–H groups in total. The van der Waals surface area contributed by atoms with Crippen molar-refractivity contribution in [1.82, 2.24) is 5.32 Å². The normalized spacial score (nSPS) is 25.7. The van der Waals surface area contributed by atoms with Crippen molar-refractivity contribution in [3.05, 3.63) is 29.8 Å². The van der Waals surface area contributed by atoms with Crippen molar-refractivity contribution in [2.75, 3.05) is 6.54 Å². The summed E-state index contributed by atoms with van der Waals surface area (Å²) in [7, 11) is 0. The molecule has 3 nitrogen and oxygen atoms in total. The highest BCUT2D eigenvalue weighted by Crippen LogP contribution is 2.38. The molecule has 1 aliphatic rings. The van der Waals surface area contributed by atoms with Gasteiger partial charge in [-0.3, -0.25) is 4.79 Å². The highest BCUT2D eigenvalue weighted by Gasteiger charge is 2.41. The summed E-state index contributed by atoms with van der Waals surface area (Å²) in [4.78, 5) is 13.3. The number of benzene rings is 1. The smallest absolute Gasteiger partial charge is 0.237 e. The Balaban J connectivity index is 2.04. The highest BCUT2D eigenvalue weighted by molar-refractivity contribution is 8.00. The molecule has 116 valence electrons. The van der Waals surface area contributed by atoms with E-state index < -0.39 is 5.54 Å². The van der Waals surface area contributed by atoms with E-state index in [1.165, 1.54) is 10.5 Å². The van der Waals surface area contributed by atoms with Crippen LogP contribution in [0.3, 0.4) is 0 Å². The fraction of sp³-hybridized carbons (Fsp3) is 0.588. The number of amides is 1. The van der Waals surface area contributed by atoms with Crippen molar-refractivity contribution in [3.63, 3.8) is 0 Å². The minimum atomic E-state index is -0.503. The largest absolute Gasteiger partial charge is 0.368 e. The summed E-state index contributed by atoms with van der Waals surface area (Å²) in [5.41, 5.74) is 6.48. The highest BCUT2D eigenvalue weighted by atomic mass is 32.2. The van der Waals surface area contributed by atoms with Crippen LogP contribution < -0.4 is 11.1 Å². The van der Waals surface area contributed by atoms with Gasteiger partial charge in [-0.15, -0.1) is 11.8 Å². The van der Waals surface area contributed by atoms with E-state index in [1.54, 1.807) is 0 Å². The van der Waals surface area contributed by atoms with Crippen molar-refractivity contribution in [2.45, 2.75) is 61.6 Å². The summed E-state index contributed by atoms with van der Waals surface area (Å²) in [6.07, 6.45) is 4.93. The van der Waals surface area contributed by atoms with Crippen molar-refractivity contribution in [2.24, 2.45) is 5.73 Å². The van der Waals surface area contributed by atoms with Crippen LogP contribution in [0.15, 0.2) is 29.2 Å². The van der Waals surface area contributed by atoms with Gasteiger partial charge in [-0.05, 0) is 57.7 Å². The molecule has 2 unspecified atom stereocenters. The molecule has 0 radical (unpaired) electrons. The molecule has 1 aromatic carbocycles. The number of nitrogens with one attached hydrogen (secondary N) is 1. The number of carbonyl (C=O) groups excluding carboxylic acids is 1. The van der Waals surface area contributed by atoms with Crippen molar-refractivity contribution >= 4 is 17.7 Å². The van der Waals surface area contributed by atoms with Crippen LogP contribution in [0.2, 0.25) is 0 Å². The zero-order chi connectivity index (χ0) is 15.3. The summed E-state index contributed by atoms with van der Waals surface area (Å²) >= 11 is 1.88. The number of aryl methyl sites for hydroxylation is 1. The number of hydrogen-bond acceptors (Lipinski definition) is 3. The Morgan fingerprint density at radius 1 is 1.43 bits per heavy atom. The molecule has 1 aliphatic carbocycles. The average Bonchev–Trinajstić information content (AvgIpc) is 2.48. The SMILES string of the molecule is CCCNC1(C(N)=O)CCCC(Sc2ccc(C)cc2)C1. The molecular formula is C17H26N2OS. The quantitative estimate of drug-likeness (QED) is 0.848. The molecule has 0 aliphatic heterocycles. The number of hydrogen-bond donors (Lipinski definition) is 2. The van der Waals surface area contributed by atoms with Gasteiger partial charge in [-0.2, -0.15) is 0 Å². The molecule has 0 bridgehead atoms. The lowest BCUT2D eigenvalue weighted by atomic mass is 9.80. The van der Waals surface area contributed by atoms with Crippen LogP contribution >= 0.6 is 11.8 Å². The number of rotatable bonds is 6. The minimum Gasteiger partial charge on any atom is -0.368 e. The number of nitrogens with two attached hydrogens (primary N) is 1. The Morgan fingerprint density at radius 2 is 2.14 bits per heavy atom. The third-order valence-corrected chi connectivity index (χ3v) is 5.49. The van der Waals surface area contributed by atoms with E-state index in [-0.39, 0.29) is 5.91 Å². The predicted octanol–water partition coefficient (Wildman–Crippen LogP) is 3.25. The third kappa shape index (κ3) is 4.24. The lowest BCUT2D eigenvalue weighted by Gasteiger charge is -2.39. The van der Waals surface area contributed by atoms with Crippen molar-refractivity contribution in [1.29, 1.82) is 0 Å². The molecule has 1 fully saturated rings. The van der Waals surface area contributed by atoms with E-state index in [1.807, 2.05) is 11.8 Å². The van der Waals surface area contributed by atoms with Crippen LogP contribution in [0.1, 0.15) is 44.6 Å². The van der Waals surface area contributed by atoms with Gasteiger partial charge in [0, 0.05) is 10.1 Å². The van der Waals surface area contributed by atoms with Crippen molar-refractivity contribution < 1.29 is 4.79 Å². The fourth-order valence-electron chi connectivity index (χ4n) is 2.97. The molecule has 0 heterocycles. The third-order valence-electron chi connectivity index (χ3n) is 4.21. The molecule has 2 atom stereocenters. The molecule has 4 heteroatoms. The summed E-state index contributed by atoms with van der Waals surface area (Å²) < 4.78 is 0. The van der Waals surface area contributed by atoms with Gasteiger partial charge < -0.3 is 11.1 Å². The maximum Gasteiger partial charge on any atom is 0.237 e. The molecule has 1 aromatic rings.